The third kappa shape index (κ3) is 5.59. The summed E-state index contributed by atoms with van der Waals surface area (Å²) in [6, 6.07) is 4.90. The van der Waals surface area contributed by atoms with Crippen LogP contribution in [0, 0.1) is 0 Å². The van der Waals surface area contributed by atoms with Gasteiger partial charge >= 0.3 is 0 Å². The van der Waals surface area contributed by atoms with Crippen molar-refractivity contribution in [2.24, 2.45) is 0 Å². The van der Waals surface area contributed by atoms with Crippen molar-refractivity contribution in [1.82, 2.24) is 4.90 Å². The van der Waals surface area contributed by atoms with Gasteiger partial charge in [0.15, 0.2) is 12.4 Å². The fourth-order valence-corrected chi connectivity index (χ4v) is 2.83. The molecule has 0 atom stereocenters. The van der Waals surface area contributed by atoms with E-state index >= 15 is 0 Å². The van der Waals surface area contributed by atoms with Crippen molar-refractivity contribution in [1.29, 1.82) is 0 Å². The lowest BCUT2D eigenvalue weighted by atomic mass is 10.1. The van der Waals surface area contributed by atoms with E-state index in [1.54, 1.807) is 23.1 Å². The number of nitrogens with one attached hydrogen (secondary N) is 1. The molecule has 1 aromatic rings. The predicted octanol–water partition coefficient (Wildman–Crippen LogP) is 3.02. The van der Waals surface area contributed by atoms with Crippen LogP contribution in [0.5, 0.6) is 5.75 Å². The van der Waals surface area contributed by atoms with Crippen LogP contribution in [0.2, 0.25) is 0 Å². The van der Waals surface area contributed by atoms with Crippen molar-refractivity contribution in [2.45, 2.75) is 46.0 Å². The zero-order valence-electron chi connectivity index (χ0n) is 15.0. The summed E-state index contributed by atoms with van der Waals surface area (Å²) in [5.74, 6) is 0.0406. The lowest BCUT2D eigenvalue weighted by Gasteiger charge is -2.26. The molecule has 0 spiro atoms. The van der Waals surface area contributed by atoms with Crippen molar-refractivity contribution in [3.8, 4) is 5.75 Å². The van der Waals surface area contributed by atoms with Gasteiger partial charge in [-0.25, -0.2) is 0 Å². The SMILES string of the molecule is CCCC(=O)Nc1ccc(OCC(=O)N2CCCCC2)c(C(C)=O)c1. The minimum absolute atomic E-state index is 0.0606. The maximum Gasteiger partial charge on any atom is 0.260 e. The molecule has 1 N–H and O–H groups in total. The minimum Gasteiger partial charge on any atom is -0.483 e. The highest BCUT2D eigenvalue weighted by molar-refractivity contribution is 5.99. The monoisotopic (exact) mass is 346 g/mol. The molecule has 1 heterocycles. The van der Waals surface area contributed by atoms with Crippen LogP contribution >= 0.6 is 0 Å². The topological polar surface area (TPSA) is 75.7 Å². The van der Waals surface area contributed by atoms with E-state index in [-0.39, 0.29) is 24.2 Å². The Labute approximate surface area is 148 Å². The number of likely N-dealkylation sites (tertiary alicyclic amines) is 1. The number of anilines is 1. The first-order valence-corrected chi connectivity index (χ1v) is 8.86. The molecule has 0 unspecified atom stereocenters. The maximum atomic E-state index is 12.2. The van der Waals surface area contributed by atoms with E-state index in [0.717, 1.165) is 38.8 Å². The van der Waals surface area contributed by atoms with Crippen molar-refractivity contribution in [2.75, 3.05) is 25.0 Å². The summed E-state index contributed by atoms with van der Waals surface area (Å²) in [4.78, 5) is 37.6. The normalized spacial score (nSPS) is 14.1. The number of Topliss-reactive ketones (excluding diaryl/α,β-unsaturated/α-hetero) is 1. The summed E-state index contributed by atoms with van der Waals surface area (Å²) in [6.45, 7) is 4.82. The summed E-state index contributed by atoms with van der Waals surface area (Å²) in [7, 11) is 0. The van der Waals surface area contributed by atoms with Gasteiger partial charge in [-0.1, -0.05) is 6.92 Å². The highest BCUT2D eigenvalue weighted by Crippen LogP contribution is 2.24. The maximum absolute atomic E-state index is 12.2. The molecule has 6 heteroatoms. The molecule has 0 aliphatic carbocycles. The van der Waals surface area contributed by atoms with E-state index in [0.29, 0.717) is 23.4 Å². The van der Waals surface area contributed by atoms with E-state index < -0.39 is 0 Å². The highest BCUT2D eigenvalue weighted by Gasteiger charge is 2.18. The number of hydrogen-bond acceptors (Lipinski definition) is 4. The van der Waals surface area contributed by atoms with Crippen molar-refractivity contribution >= 4 is 23.3 Å². The smallest absolute Gasteiger partial charge is 0.260 e. The van der Waals surface area contributed by atoms with Gasteiger partial charge in [-0.3, -0.25) is 14.4 Å². The van der Waals surface area contributed by atoms with Gasteiger partial charge in [0.2, 0.25) is 5.91 Å². The van der Waals surface area contributed by atoms with Crippen molar-refractivity contribution in [3.63, 3.8) is 0 Å². The molecular weight excluding hydrogens is 320 g/mol. The molecule has 2 rings (SSSR count). The van der Waals surface area contributed by atoms with E-state index in [2.05, 4.69) is 5.32 Å². The largest absolute Gasteiger partial charge is 0.483 e. The number of carbonyl (C=O) groups is 3. The quantitative estimate of drug-likeness (QED) is 0.770. The molecule has 2 amide bonds. The van der Waals surface area contributed by atoms with Crippen LogP contribution in [0.1, 0.15) is 56.3 Å². The molecule has 1 fully saturated rings. The lowest BCUT2D eigenvalue weighted by molar-refractivity contribution is -0.134. The number of ketones is 1. The molecular formula is C19H26N2O4. The van der Waals surface area contributed by atoms with Crippen LogP contribution in [-0.2, 0) is 9.59 Å². The number of nitrogens with zero attached hydrogens (tertiary/aromatic N) is 1. The number of piperidine rings is 1. The molecule has 0 radical (unpaired) electrons. The second-order valence-electron chi connectivity index (χ2n) is 6.30. The molecule has 136 valence electrons. The summed E-state index contributed by atoms with van der Waals surface area (Å²) >= 11 is 0. The molecule has 6 nitrogen and oxygen atoms in total. The van der Waals surface area contributed by atoms with E-state index in [9.17, 15) is 14.4 Å². The van der Waals surface area contributed by atoms with Gasteiger partial charge in [0.25, 0.3) is 5.91 Å². The molecule has 1 aromatic carbocycles. The number of hydrogen-bond donors (Lipinski definition) is 1. The lowest BCUT2D eigenvalue weighted by Crippen LogP contribution is -2.38. The van der Waals surface area contributed by atoms with E-state index in [4.69, 9.17) is 4.74 Å². The van der Waals surface area contributed by atoms with Gasteiger partial charge in [0.1, 0.15) is 5.75 Å². The standard InChI is InChI=1S/C19H26N2O4/c1-3-7-18(23)20-15-8-9-17(16(12-15)14(2)22)25-13-19(24)21-10-5-4-6-11-21/h8-9,12H,3-7,10-11,13H2,1-2H3,(H,20,23). The Morgan fingerprint density at radius 3 is 2.52 bits per heavy atom. The van der Waals surface area contributed by atoms with Gasteiger partial charge in [0, 0.05) is 25.2 Å². The summed E-state index contributed by atoms with van der Waals surface area (Å²) in [5, 5.41) is 2.76. The molecule has 0 aromatic heterocycles. The Morgan fingerprint density at radius 1 is 1.16 bits per heavy atom. The average molecular weight is 346 g/mol. The number of rotatable bonds is 7. The van der Waals surface area contributed by atoms with Crippen LogP contribution in [0.25, 0.3) is 0 Å². The van der Waals surface area contributed by atoms with Crippen LogP contribution < -0.4 is 10.1 Å². The fourth-order valence-electron chi connectivity index (χ4n) is 2.83. The molecule has 1 aliphatic rings. The van der Waals surface area contributed by atoms with Crippen LogP contribution in [0.15, 0.2) is 18.2 Å². The van der Waals surface area contributed by atoms with Crippen molar-refractivity contribution in [3.05, 3.63) is 23.8 Å². The van der Waals surface area contributed by atoms with Gasteiger partial charge in [-0.05, 0) is 50.8 Å². The zero-order chi connectivity index (χ0) is 18.2. The van der Waals surface area contributed by atoms with E-state index in [1.807, 2.05) is 6.92 Å². The Balaban J connectivity index is 2.02. The Kier molecular flexibility index (Phi) is 6.98. The zero-order valence-corrected chi connectivity index (χ0v) is 15.0. The Morgan fingerprint density at radius 2 is 1.88 bits per heavy atom. The molecule has 1 saturated heterocycles. The van der Waals surface area contributed by atoms with Gasteiger partial charge in [-0.2, -0.15) is 0 Å². The van der Waals surface area contributed by atoms with Crippen LogP contribution in [0.3, 0.4) is 0 Å². The first-order valence-electron chi connectivity index (χ1n) is 8.86. The second kappa shape index (κ2) is 9.20. The first kappa shape index (κ1) is 19.0. The number of amides is 2. The van der Waals surface area contributed by atoms with Crippen molar-refractivity contribution < 1.29 is 19.1 Å². The first-order chi connectivity index (χ1) is 12.0. The fraction of sp³-hybridized carbons (Fsp3) is 0.526. The molecule has 1 aliphatic heterocycles. The van der Waals surface area contributed by atoms with Gasteiger partial charge in [0.05, 0.1) is 5.56 Å². The van der Waals surface area contributed by atoms with Gasteiger partial charge < -0.3 is 15.0 Å². The summed E-state index contributed by atoms with van der Waals surface area (Å²) in [5.41, 5.74) is 0.916. The molecule has 25 heavy (non-hydrogen) atoms. The number of ether oxygens (including phenoxy) is 1. The highest BCUT2D eigenvalue weighted by atomic mass is 16.5. The predicted molar refractivity (Wildman–Crippen MR) is 95.9 cm³/mol. The Bertz CT molecular complexity index is 636. The molecule has 0 saturated carbocycles. The third-order valence-corrected chi connectivity index (χ3v) is 4.18. The number of benzene rings is 1. The Hall–Kier alpha value is -2.37. The minimum atomic E-state index is -0.174. The summed E-state index contributed by atoms with van der Waals surface area (Å²) < 4.78 is 5.60. The average Bonchev–Trinajstić information content (AvgIpc) is 2.61. The van der Waals surface area contributed by atoms with Crippen LogP contribution in [0.4, 0.5) is 5.69 Å². The van der Waals surface area contributed by atoms with Crippen LogP contribution in [-0.4, -0.2) is 42.2 Å². The van der Waals surface area contributed by atoms with Gasteiger partial charge in [-0.15, -0.1) is 0 Å². The second-order valence-corrected chi connectivity index (χ2v) is 6.30. The molecule has 0 bridgehead atoms. The summed E-state index contributed by atoms with van der Waals surface area (Å²) in [6.07, 6.45) is 4.39. The third-order valence-electron chi connectivity index (χ3n) is 4.18. The van der Waals surface area contributed by atoms with E-state index in [1.165, 1.54) is 6.92 Å². The number of carbonyl (C=O) groups excluding carboxylic acids is 3.